The number of piperidine rings is 1. The number of nitrogens with one attached hydrogen (secondary N) is 2. The summed E-state index contributed by atoms with van der Waals surface area (Å²) in [6.45, 7) is 2.08. The first-order valence-electron chi connectivity index (χ1n) is 10.6. The van der Waals surface area contributed by atoms with E-state index >= 15 is 0 Å². The fraction of sp³-hybridized carbons (Fsp3) is 0.304. The van der Waals surface area contributed by atoms with Gasteiger partial charge in [-0.15, -0.1) is 0 Å². The predicted molar refractivity (Wildman–Crippen MR) is 117 cm³/mol. The number of amides is 4. The van der Waals surface area contributed by atoms with Gasteiger partial charge < -0.3 is 16.0 Å². The maximum absolute atomic E-state index is 13.0. The van der Waals surface area contributed by atoms with E-state index in [2.05, 4.69) is 15.5 Å². The number of benzene rings is 2. The highest BCUT2D eigenvalue weighted by Gasteiger charge is 2.44. The van der Waals surface area contributed by atoms with Gasteiger partial charge in [-0.1, -0.05) is 18.2 Å². The lowest BCUT2D eigenvalue weighted by Crippen LogP contribution is -2.56. The van der Waals surface area contributed by atoms with Gasteiger partial charge in [-0.25, -0.2) is 0 Å². The second-order valence-electron chi connectivity index (χ2n) is 8.36. The van der Waals surface area contributed by atoms with Crippen molar-refractivity contribution in [2.75, 3.05) is 23.3 Å². The van der Waals surface area contributed by atoms with E-state index in [1.807, 2.05) is 24.3 Å². The summed E-state index contributed by atoms with van der Waals surface area (Å²) in [7, 11) is 0. The highest BCUT2D eigenvalue weighted by atomic mass is 16.2. The molecule has 0 radical (unpaired) electrons. The molecule has 4 amide bonds. The van der Waals surface area contributed by atoms with Crippen molar-refractivity contribution in [3.63, 3.8) is 0 Å². The SMILES string of the molecule is NC1CN(c2ccccc2NCc2ccc3c(c2)C(=O)N(C2CCC(=O)NC2=O)C3=O)C1. The first kappa shape index (κ1) is 20.2. The highest BCUT2D eigenvalue weighted by Crippen LogP contribution is 2.31. The molecular formula is C23H23N5O4. The average Bonchev–Trinajstić information content (AvgIpc) is 3.00. The summed E-state index contributed by atoms with van der Waals surface area (Å²) in [4.78, 5) is 52.6. The zero-order chi connectivity index (χ0) is 22.4. The first-order chi connectivity index (χ1) is 15.4. The van der Waals surface area contributed by atoms with Crippen LogP contribution >= 0.6 is 0 Å². The van der Waals surface area contributed by atoms with E-state index < -0.39 is 29.7 Å². The van der Waals surface area contributed by atoms with Gasteiger partial charge in [-0.05, 0) is 36.2 Å². The minimum absolute atomic E-state index is 0.0975. The van der Waals surface area contributed by atoms with Crippen LogP contribution in [0.5, 0.6) is 0 Å². The lowest BCUT2D eigenvalue weighted by molar-refractivity contribution is -0.136. The van der Waals surface area contributed by atoms with Crippen LogP contribution in [0.25, 0.3) is 0 Å². The van der Waals surface area contributed by atoms with Crippen LogP contribution in [0.2, 0.25) is 0 Å². The molecule has 4 N–H and O–H groups in total. The fourth-order valence-corrected chi connectivity index (χ4v) is 4.43. The number of nitrogens with zero attached hydrogens (tertiary/aromatic N) is 2. The quantitative estimate of drug-likeness (QED) is 0.597. The maximum atomic E-state index is 13.0. The molecule has 164 valence electrons. The minimum atomic E-state index is -0.962. The topological polar surface area (TPSA) is 125 Å². The van der Waals surface area contributed by atoms with Crippen molar-refractivity contribution in [2.24, 2.45) is 5.73 Å². The van der Waals surface area contributed by atoms with E-state index in [1.54, 1.807) is 18.2 Å². The molecule has 3 aliphatic heterocycles. The molecule has 0 spiro atoms. The third-order valence-electron chi connectivity index (χ3n) is 6.14. The van der Waals surface area contributed by atoms with Crippen molar-refractivity contribution in [1.29, 1.82) is 0 Å². The molecule has 0 saturated carbocycles. The molecule has 1 atom stereocenters. The number of rotatable bonds is 5. The van der Waals surface area contributed by atoms with Crippen molar-refractivity contribution in [2.45, 2.75) is 31.5 Å². The van der Waals surface area contributed by atoms with Crippen LogP contribution in [0.15, 0.2) is 42.5 Å². The Morgan fingerprint density at radius 3 is 2.50 bits per heavy atom. The second-order valence-corrected chi connectivity index (χ2v) is 8.36. The van der Waals surface area contributed by atoms with Gasteiger partial charge in [-0.2, -0.15) is 0 Å². The zero-order valence-electron chi connectivity index (χ0n) is 17.3. The molecule has 32 heavy (non-hydrogen) atoms. The first-order valence-corrected chi connectivity index (χ1v) is 10.6. The van der Waals surface area contributed by atoms with E-state index in [4.69, 9.17) is 5.73 Å². The molecule has 9 heteroatoms. The molecule has 0 aliphatic carbocycles. The van der Waals surface area contributed by atoms with Crippen LogP contribution in [0, 0.1) is 0 Å². The summed E-state index contributed by atoms with van der Waals surface area (Å²) in [6, 6.07) is 12.3. The fourth-order valence-electron chi connectivity index (χ4n) is 4.43. The number of imide groups is 2. The van der Waals surface area contributed by atoms with Crippen molar-refractivity contribution in [1.82, 2.24) is 10.2 Å². The molecule has 0 bridgehead atoms. The number of nitrogens with two attached hydrogens (primary N) is 1. The zero-order valence-corrected chi connectivity index (χ0v) is 17.3. The molecule has 9 nitrogen and oxygen atoms in total. The molecule has 2 aromatic rings. The standard InChI is InChI=1S/C23H23N5O4/c24-14-11-27(12-14)18-4-2-1-3-17(18)25-10-13-5-6-15-16(9-13)23(32)28(22(15)31)19-7-8-20(29)26-21(19)30/h1-6,9,14,19,25H,7-8,10-12,24H2,(H,26,29,30). The summed E-state index contributed by atoms with van der Waals surface area (Å²) < 4.78 is 0. The summed E-state index contributed by atoms with van der Waals surface area (Å²) in [5.41, 5.74) is 9.34. The van der Waals surface area contributed by atoms with Crippen LogP contribution in [0.1, 0.15) is 39.1 Å². The normalized spacial score (nSPS) is 20.8. The summed E-state index contributed by atoms with van der Waals surface area (Å²) in [5.74, 6) is -2.01. The molecule has 3 aliphatic rings. The van der Waals surface area contributed by atoms with Crippen molar-refractivity contribution < 1.29 is 19.2 Å². The lowest BCUT2D eigenvalue weighted by Gasteiger charge is -2.39. The molecule has 2 fully saturated rings. The third-order valence-corrected chi connectivity index (χ3v) is 6.14. The number of anilines is 2. The lowest BCUT2D eigenvalue weighted by atomic mass is 10.0. The van der Waals surface area contributed by atoms with Crippen molar-refractivity contribution in [3.8, 4) is 0 Å². The molecule has 2 aromatic carbocycles. The van der Waals surface area contributed by atoms with Gasteiger partial charge in [-0.3, -0.25) is 29.4 Å². The van der Waals surface area contributed by atoms with E-state index in [-0.39, 0.29) is 30.0 Å². The summed E-state index contributed by atoms with van der Waals surface area (Å²) >= 11 is 0. The molecule has 1 unspecified atom stereocenters. The summed E-state index contributed by atoms with van der Waals surface area (Å²) in [5, 5.41) is 5.61. The monoisotopic (exact) mass is 433 g/mol. The Balaban J connectivity index is 1.33. The van der Waals surface area contributed by atoms with Crippen LogP contribution in [-0.2, 0) is 16.1 Å². The number of para-hydroxylation sites is 2. The second kappa shape index (κ2) is 7.76. The Bertz CT molecular complexity index is 1140. The van der Waals surface area contributed by atoms with Gasteiger partial charge >= 0.3 is 0 Å². The average molecular weight is 433 g/mol. The predicted octanol–water partition coefficient (Wildman–Crippen LogP) is 0.847. The number of fused-ring (bicyclic) bond motifs is 1. The molecule has 2 saturated heterocycles. The van der Waals surface area contributed by atoms with Gasteiger partial charge in [0.25, 0.3) is 11.8 Å². The molecule has 3 heterocycles. The Labute approximate surface area is 184 Å². The Morgan fingerprint density at radius 1 is 1.00 bits per heavy atom. The number of carbonyl (C=O) groups excluding carboxylic acids is 4. The van der Waals surface area contributed by atoms with E-state index in [0.717, 1.165) is 34.9 Å². The third kappa shape index (κ3) is 3.40. The van der Waals surface area contributed by atoms with Crippen LogP contribution in [0.3, 0.4) is 0 Å². The van der Waals surface area contributed by atoms with Gasteiger partial charge in [0.1, 0.15) is 6.04 Å². The Kier molecular flexibility index (Phi) is 4.90. The summed E-state index contributed by atoms with van der Waals surface area (Å²) in [6.07, 6.45) is 0.238. The van der Waals surface area contributed by atoms with Gasteiger partial charge in [0.2, 0.25) is 11.8 Å². The van der Waals surface area contributed by atoms with Crippen molar-refractivity contribution in [3.05, 3.63) is 59.2 Å². The Morgan fingerprint density at radius 2 is 1.75 bits per heavy atom. The van der Waals surface area contributed by atoms with Gasteiger partial charge in [0.05, 0.1) is 22.5 Å². The van der Waals surface area contributed by atoms with Crippen LogP contribution in [-0.4, -0.2) is 53.7 Å². The number of carbonyl (C=O) groups is 4. The largest absolute Gasteiger partial charge is 0.379 e. The number of hydrogen-bond acceptors (Lipinski definition) is 7. The Hall–Kier alpha value is -3.72. The number of hydrogen-bond donors (Lipinski definition) is 3. The molecule has 5 rings (SSSR count). The minimum Gasteiger partial charge on any atom is -0.379 e. The van der Waals surface area contributed by atoms with E-state index in [1.165, 1.54) is 0 Å². The van der Waals surface area contributed by atoms with Crippen molar-refractivity contribution >= 4 is 35.0 Å². The smallest absolute Gasteiger partial charge is 0.262 e. The van der Waals surface area contributed by atoms with Crippen LogP contribution in [0.4, 0.5) is 11.4 Å². The van der Waals surface area contributed by atoms with E-state index in [9.17, 15) is 19.2 Å². The van der Waals surface area contributed by atoms with Crippen LogP contribution < -0.4 is 21.3 Å². The van der Waals surface area contributed by atoms with E-state index in [0.29, 0.717) is 6.54 Å². The highest BCUT2D eigenvalue weighted by molar-refractivity contribution is 6.23. The maximum Gasteiger partial charge on any atom is 0.262 e. The van der Waals surface area contributed by atoms with Gasteiger partial charge in [0.15, 0.2) is 0 Å². The van der Waals surface area contributed by atoms with Gasteiger partial charge in [0, 0.05) is 32.1 Å². The molecule has 0 aromatic heterocycles. The molecular weight excluding hydrogens is 410 g/mol.